The molecule has 2 N–H and O–H groups in total. The summed E-state index contributed by atoms with van der Waals surface area (Å²) in [6.07, 6.45) is 0.0897. The molecule has 2 aromatic rings. The van der Waals surface area contributed by atoms with Gasteiger partial charge >= 0.3 is 6.03 Å². The molecule has 7 nitrogen and oxygen atoms in total. The van der Waals surface area contributed by atoms with Crippen molar-refractivity contribution < 1.29 is 23.4 Å². The first-order valence-corrected chi connectivity index (χ1v) is 11.4. The summed E-state index contributed by atoms with van der Waals surface area (Å²) < 4.78 is 31.3. The Morgan fingerprint density at radius 1 is 1.15 bits per heavy atom. The maximum atomic E-state index is 14.7. The molecule has 2 unspecified atom stereocenters. The van der Waals surface area contributed by atoms with Gasteiger partial charge in [0.1, 0.15) is 5.82 Å². The van der Waals surface area contributed by atoms with E-state index in [1.54, 1.807) is 18.2 Å². The van der Waals surface area contributed by atoms with E-state index in [-0.39, 0.29) is 37.1 Å². The van der Waals surface area contributed by atoms with Crippen molar-refractivity contribution in [3.63, 3.8) is 0 Å². The highest BCUT2D eigenvalue weighted by molar-refractivity contribution is 6.32. The molecule has 3 rings (SSSR count). The van der Waals surface area contributed by atoms with Crippen LogP contribution in [0.2, 0.25) is 5.02 Å². The lowest BCUT2D eigenvalue weighted by Crippen LogP contribution is -2.45. The van der Waals surface area contributed by atoms with Crippen LogP contribution in [0, 0.1) is 5.82 Å². The first-order valence-electron chi connectivity index (χ1n) is 11.0. The Morgan fingerprint density at radius 3 is 2.42 bits per heavy atom. The number of urea groups is 1. The summed E-state index contributed by atoms with van der Waals surface area (Å²) in [5.74, 6) is 0.662. The predicted molar refractivity (Wildman–Crippen MR) is 127 cm³/mol. The third-order valence-electron chi connectivity index (χ3n) is 5.26. The second-order valence-electron chi connectivity index (χ2n) is 8.03. The van der Waals surface area contributed by atoms with Crippen molar-refractivity contribution in [3.05, 3.63) is 52.3 Å². The van der Waals surface area contributed by atoms with E-state index in [9.17, 15) is 9.18 Å². The number of rotatable bonds is 8. The topological polar surface area (TPSA) is 72.1 Å². The molecule has 0 saturated carbocycles. The van der Waals surface area contributed by atoms with Gasteiger partial charge in [0, 0.05) is 26.2 Å². The minimum atomic E-state index is -0.376. The number of morpholine rings is 1. The maximum Gasteiger partial charge on any atom is 0.315 e. The SMILES string of the molecule is CCOc1c(Cl)cc(CNC(=O)NCc2ccc(N3CC(C)OC(C)C3)c(F)c2)cc1OC. The third-order valence-corrected chi connectivity index (χ3v) is 5.54. The average Bonchev–Trinajstić information content (AvgIpc) is 2.77. The first kappa shape index (κ1) is 24.9. The number of hydrogen-bond donors (Lipinski definition) is 2. The fourth-order valence-corrected chi connectivity index (χ4v) is 4.17. The number of amides is 2. The fourth-order valence-electron chi connectivity index (χ4n) is 3.88. The lowest BCUT2D eigenvalue weighted by molar-refractivity contribution is -0.00539. The molecule has 180 valence electrons. The zero-order valence-corrected chi connectivity index (χ0v) is 20.2. The van der Waals surface area contributed by atoms with Crippen LogP contribution in [0.15, 0.2) is 30.3 Å². The Labute approximate surface area is 199 Å². The number of halogens is 2. The Hall–Kier alpha value is -2.71. The number of nitrogens with zero attached hydrogens (tertiary/aromatic N) is 1. The molecule has 0 aromatic heterocycles. The van der Waals surface area contributed by atoms with Crippen molar-refractivity contribution >= 4 is 23.3 Å². The molecule has 0 aliphatic carbocycles. The van der Waals surface area contributed by atoms with E-state index in [1.165, 1.54) is 13.2 Å². The van der Waals surface area contributed by atoms with Gasteiger partial charge in [0.2, 0.25) is 0 Å². The molecular formula is C24H31ClFN3O4. The molecule has 0 spiro atoms. The molecule has 1 fully saturated rings. The predicted octanol–water partition coefficient (Wildman–Crippen LogP) is 4.50. The number of ether oxygens (including phenoxy) is 3. The maximum absolute atomic E-state index is 14.7. The summed E-state index contributed by atoms with van der Waals surface area (Å²) in [4.78, 5) is 14.2. The Kier molecular flexibility index (Phi) is 8.63. The van der Waals surface area contributed by atoms with E-state index in [0.717, 1.165) is 5.56 Å². The Bertz CT molecular complexity index is 965. The van der Waals surface area contributed by atoms with Gasteiger partial charge in [-0.3, -0.25) is 0 Å². The molecule has 1 aliphatic heterocycles. The summed E-state index contributed by atoms with van der Waals surface area (Å²) in [5, 5.41) is 5.92. The van der Waals surface area contributed by atoms with E-state index in [4.69, 9.17) is 25.8 Å². The normalized spacial score (nSPS) is 18.1. The number of carbonyl (C=O) groups is 1. The highest BCUT2D eigenvalue weighted by Crippen LogP contribution is 2.36. The van der Waals surface area contributed by atoms with E-state index < -0.39 is 0 Å². The molecule has 2 atom stereocenters. The molecule has 2 amide bonds. The van der Waals surface area contributed by atoms with Gasteiger partial charge in [0.05, 0.1) is 36.6 Å². The van der Waals surface area contributed by atoms with Crippen molar-refractivity contribution in [2.24, 2.45) is 0 Å². The van der Waals surface area contributed by atoms with Crippen LogP contribution < -0.4 is 25.0 Å². The lowest BCUT2D eigenvalue weighted by Gasteiger charge is -2.37. The monoisotopic (exact) mass is 479 g/mol. The summed E-state index contributed by atoms with van der Waals surface area (Å²) in [6, 6.07) is 8.13. The molecule has 1 aliphatic rings. The van der Waals surface area contributed by atoms with Crippen LogP contribution in [0.3, 0.4) is 0 Å². The smallest absolute Gasteiger partial charge is 0.315 e. The zero-order chi connectivity index (χ0) is 24.0. The van der Waals surface area contributed by atoms with Gasteiger partial charge in [-0.1, -0.05) is 17.7 Å². The van der Waals surface area contributed by atoms with Gasteiger partial charge in [-0.15, -0.1) is 0 Å². The van der Waals surface area contributed by atoms with Crippen molar-refractivity contribution in [2.75, 3.05) is 31.7 Å². The van der Waals surface area contributed by atoms with Gasteiger partial charge in [0.25, 0.3) is 0 Å². The highest BCUT2D eigenvalue weighted by atomic mass is 35.5. The van der Waals surface area contributed by atoms with Crippen LogP contribution >= 0.6 is 11.6 Å². The van der Waals surface area contributed by atoms with Crippen molar-refractivity contribution in [2.45, 2.75) is 46.1 Å². The molecule has 1 saturated heterocycles. The van der Waals surface area contributed by atoms with Crippen LogP contribution in [-0.2, 0) is 17.8 Å². The number of hydrogen-bond acceptors (Lipinski definition) is 5. The molecular weight excluding hydrogens is 449 g/mol. The van der Waals surface area contributed by atoms with E-state index in [0.29, 0.717) is 47.5 Å². The number of carbonyl (C=O) groups excluding carboxylic acids is 1. The zero-order valence-electron chi connectivity index (χ0n) is 19.4. The minimum Gasteiger partial charge on any atom is -0.493 e. The van der Waals surface area contributed by atoms with E-state index >= 15 is 0 Å². The van der Waals surface area contributed by atoms with Gasteiger partial charge in [-0.25, -0.2) is 9.18 Å². The molecule has 0 bridgehead atoms. The van der Waals surface area contributed by atoms with Crippen LogP contribution in [-0.4, -0.2) is 45.0 Å². The average molecular weight is 480 g/mol. The minimum absolute atomic E-state index is 0.0448. The Balaban J connectivity index is 1.54. The Morgan fingerprint density at radius 2 is 1.82 bits per heavy atom. The highest BCUT2D eigenvalue weighted by Gasteiger charge is 2.24. The largest absolute Gasteiger partial charge is 0.493 e. The lowest BCUT2D eigenvalue weighted by atomic mass is 10.1. The molecule has 1 heterocycles. The van der Waals surface area contributed by atoms with Crippen LogP contribution in [0.1, 0.15) is 31.9 Å². The van der Waals surface area contributed by atoms with Crippen molar-refractivity contribution in [1.29, 1.82) is 0 Å². The van der Waals surface area contributed by atoms with Crippen LogP contribution in [0.25, 0.3) is 0 Å². The second-order valence-corrected chi connectivity index (χ2v) is 8.43. The molecule has 2 aromatic carbocycles. The first-order chi connectivity index (χ1) is 15.8. The van der Waals surface area contributed by atoms with Crippen LogP contribution in [0.4, 0.5) is 14.9 Å². The fraction of sp³-hybridized carbons (Fsp3) is 0.458. The third kappa shape index (κ3) is 6.65. The number of methoxy groups -OCH3 is 1. The standard InChI is InChI=1S/C24H31ClFN3O4/c1-5-32-23-19(25)8-18(10-22(23)31-4)12-28-24(30)27-11-17-6-7-21(20(26)9-17)29-13-15(2)33-16(3)14-29/h6-10,15-16H,5,11-14H2,1-4H3,(H2,27,28,30). The van der Waals surface area contributed by atoms with Gasteiger partial charge < -0.3 is 29.7 Å². The van der Waals surface area contributed by atoms with Crippen LogP contribution in [0.5, 0.6) is 11.5 Å². The molecule has 9 heteroatoms. The van der Waals surface area contributed by atoms with Crippen molar-refractivity contribution in [3.8, 4) is 11.5 Å². The second kappa shape index (κ2) is 11.4. The summed E-state index contributed by atoms with van der Waals surface area (Å²) in [6.45, 7) is 8.01. The van der Waals surface area contributed by atoms with Crippen molar-refractivity contribution in [1.82, 2.24) is 10.6 Å². The summed E-state index contributed by atoms with van der Waals surface area (Å²) in [7, 11) is 1.53. The molecule has 0 radical (unpaired) electrons. The van der Waals surface area contributed by atoms with Gasteiger partial charge in [0.15, 0.2) is 11.5 Å². The quantitative estimate of drug-likeness (QED) is 0.583. The summed E-state index contributed by atoms with van der Waals surface area (Å²) >= 11 is 6.27. The molecule has 33 heavy (non-hydrogen) atoms. The van der Waals surface area contributed by atoms with E-state index in [2.05, 4.69) is 10.6 Å². The summed E-state index contributed by atoms with van der Waals surface area (Å²) in [5.41, 5.74) is 1.98. The number of benzene rings is 2. The number of anilines is 1. The van der Waals surface area contributed by atoms with Gasteiger partial charge in [-0.05, 0) is 56.2 Å². The number of nitrogens with one attached hydrogen (secondary N) is 2. The van der Waals surface area contributed by atoms with Gasteiger partial charge in [-0.2, -0.15) is 0 Å². The van der Waals surface area contributed by atoms with E-state index in [1.807, 2.05) is 31.7 Å².